The van der Waals surface area contributed by atoms with Crippen LogP contribution in [0.15, 0.2) is 24.3 Å². The quantitative estimate of drug-likeness (QED) is 0.737. The van der Waals surface area contributed by atoms with E-state index in [2.05, 4.69) is 5.32 Å². The van der Waals surface area contributed by atoms with Crippen LogP contribution < -0.4 is 11.1 Å². The Hall–Kier alpha value is -1.55. The molecular weight excluding hydrogens is 214 g/mol. The van der Waals surface area contributed by atoms with Crippen LogP contribution in [0.3, 0.4) is 0 Å². The number of benzene rings is 1. The third-order valence-electron chi connectivity index (χ3n) is 3.00. The van der Waals surface area contributed by atoms with Crippen molar-refractivity contribution in [1.29, 1.82) is 0 Å². The number of nitrogens with two attached hydrogens (primary N) is 1. The van der Waals surface area contributed by atoms with E-state index in [1.165, 1.54) is 0 Å². The van der Waals surface area contributed by atoms with Gasteiger partial charge in [-0.1, -0.05) is 12.1 Å². The SMILES string of the molecule is Nc1cccc(CC(=O)N2CCCNCC2)c1. The molecule has 1 aliphatic rings. The first-order valence-electron chi connectivity index (χ1n) is 6.08. The monoisotopic (exact) mass is 233 g/mol. The van der Waals surface area contributed by atoms with Crippen molar-refractivity contribution in [3.05, 3.63) is 29.8 Å². The summed E-state index contributed by atoms with van der Waals surface area (Å²) in [5.74, 6) is 0.194. The first-order valence-corrected chi connectivity index (χ1v) is 6.08. The lowest BCUT2D eigenvalue weighted by Crippen LogP contribution is -2.35. The van der Waals surface area contributed by atoms with Crippen molar-refractivity contribution in [2.24, 2.45) is 0 Å². The lowest BCUT2D eigenvalue weighted by atomic mass is 10.1. The van der Waals surface area contributed by atoms with E-state index in [1.807, 2.05) is 29.2 Å². The Balaban J connectivity index is 1.95. The molecule has 2 rings (SSSR count). The molecule has 1 aromatic rings. The third-order valence-corrected chi connectivity index (χ3v) is 3.00. The Morgan fingerprint density at radius 1 is 1.35 bits per heavy atom. The summed E-state index contributed by atoms with van der Waals surface area (Å²) in [6, 6.07) is 7.55. The number of nitrogen functional groups attached to an aromatic ring is 1. The van der Waals surface area contributed by atoms with Gasteiger partial charge in [0.25, 0.3) is 0 Å². The van der Waals surface area contributed by atoms with Crippen molar-refractivity contribution < 1.29 is 4.79 Å². The molecule has 0 atom stereocenters. The fourth-order valence-electron chi connectivity index (χ4n) is 2.08. The van der Waals surface area contributed by atoms with Gasteiger partial charge in [-0.15, -0.1) is 0 Å². The second-order valence-electron chi connectivity index (χ2n) is 4.41. The van der Waals surface area contributed by atoms with E-state index in [-0.39, 0.29) is 5.91 Å². The van der Waals surface area contributed by atoms with Crippen LogP contribution in [0.4, 0.5) is 5.69 Å². The molecule has 1 fully saturated rings. The molecule has 0 aromatic heterocycles. The van der Waals surface area contributed by atoms with E-state index in [9.17, 15) is 4.79 Å². The number of nitrogens with one attached hydrogen (secondary N) is 1. The topological polar surface area (TPSA) is 58.4 Å². The fourth-order valence-corrected chi connectivity index (χ4v) is 2.08. The van der Waals surface area contributed by atoms with Gasteiger partial charge >= 0.3 is 0 Å². The predicted molar refractivity (Wildman–Crippen MR) is 68.6 cm³/mol. The maximum absolute atomic E-state index is 12.1. The van der Waals surface area contributed by atoms with Crippen molar-refractivity contribution in [1.82, 2.24) is 10.2 Å². The molecule has 1 aliphatic heterocycles. The van der Waals surface area contributed by atoms with Crippen LogP contribution in [0.5, 0.6) is 0 Å². The number of hydrogen-bond donors (Lipinski definition) is 2. The van der Waals surface area contributed by atoms with E-state index in [0.717, 1.165) is 38.2 Å². The number of nitrogens with zero attached hydrogens (tertiary/aromatic N) is 1. The number of rotatable bonds is 2. The normalized spacial score (nSPS) is 16.6. The van der Waals surface area contributed by atoms with Gasteiger partial charge in [0.15, 0.2) is 0 Å². The van der Waals surface area contributed by atoms with Crippen LogP contribution in [0.25, 0.3) is 0 Å². The highest BCUT2D eigenvalue weighted by Crippen LogP contribution is 2.09. The molecule has 0 spiro atoms. The Bertz CT molecular complexity index is 384. The smallest absolute Gasteiger partial charge is 0.227 e. The second kappa shape index (κ2) is 5.68. The molecule has 4 heteroatoms. The molecule has 4 nitrogen and oxygen atoms in total. The van der Waals surface area contributed by atoms with Crippen LogP contribution in [0.2, 0.25) is 0 Å². The number of carbonyl (C=O) groups is 1. The van der Waals surface area contributed by atoms with Gasteiger partial charge in [-0.05, 0) is 30.7 Å². The number of anilines is 1. The van der Waals surface area contributed by atoms with Gasteiger partial charge < -0.3 is 16.0 Å². The highest BCUT2D eigenvalue weighted by Gasteiger charge is 2.15. The number of amides is 1. The highest BCUT2D eigenvalue weighted by atomic mass is 16.2. The summed E-state index contributed by atoms with van der Waals surface area (Å²) >= 11 is 0. The highest BCUT2D eigenvalue weighted by molar-refractivity contribution is 5.79. The molecule has 0 aliphatic carbocycles. The average Bonchev–Trinajstić information content (AvgIpc) is 2.57. The maximum atomic E-state index is 12.1. The van der Waals surface area contributed by atoms with Crippen LogP contribution in [0, 0.1) is 0 Å². The Kier molecular flexibility index (Phi) is 3.98. The van der Waals surface area contributed by atoms with Crippen molar-refractivity contribution in [2.75, 3.05) is 31.9 Å². The summed E-state index contributed by atoms with van der Waals surface area (Å²) in [7, 11) is 0. The van der Waals surface area contributed by atoms with Gasteiger partial charge in [-0.2, -0.15) is 0 Å². The average molecular weight is 233 g/mol. The van der Waals surface area contributed by atoms with Crippen LogP contribution in [0.1, 0.15) is 12.0 Å². The van der Waals surface area contributed by atoms with Gasteiger partial charge in [0.05, 0.1) is 6.42 Å². The zero-order valence-electron chi connectivity index (χ0n) is 9.98. The third kappa shape index (κ3) is 3.46. The molecule has 0 saturated carbocycles. The van der Waals surface area contributed by atoms with Gasteiger partial charge in [0.1, 0.15) is 0 Å². The largest absolute Gasteiger partial charge is 0.399 e. The summed E-state index contributed by atoms with van der Waals surface area (Å²) in [5.41, 5.74) is 7.41. The molecule has 0 unspecified atom stereocenters. The first kappa shape index (κ1) is 11.9. The van der Waals surface area contributed by atoms with Crippen molar-refractivity contribution in [2.45, 2.75) is 12.8 Å². The Labute approximate surface area is 102 Å². The molecule has 1 amide bonds. The first-order chi connectivity index (χ1) is 8.25. The Morgan fingerprint density at radius 3 is 3.06 bits per heavy atom. The molecule has 0 radical (unpaired) electrons. The minimum atomic E-state index is 0.194. The summed E-state index contributed by atoms with van der Waals surface area (Å²) in [5, 5.41) is 3.29. The van der Waals surface area contributed by atoms with Crippen molar-refractivity contribution >= 4 is 11.6 Å². The second-order valence-corrected chi connectivity index (χ2v) is 4.41. The fraction of sp³-hybridized carbons (Fsp3) is 0.462. The van der Waals surface area contributed by atoms with E-state index in [4.69, 9.17) is 5.73 Å². The number of hydrogen-bond acceptors (Lipinski definition) is 3. The van der Waals surface area contributed by atoms with Crippen LogP contribution >= 0.6 is 0 Å². The maximum Gasteiger partial charge on any atom is 0.227 e. The molecule has 0 bridgehead atoms. The Morgan fingerprint density at radius 2 is 2.24 bits per heavy atom. The lowest BCUT2D eigenvalue weighted by Gasteiger charge is -2.20. The van der Waals surface area contributed by atoms with E-state index >= 15 is 0 Å². The summed E-state index contributed by atoms with van der Waals surface area (Å²) in [6.07, 6.45) is 1.48. The molecule has 3 N–H and O–H groups in total. The van der Waals surface area contributed by atoms with Gasteiger partial charge in [-0.3, -0.25) is 4.79 Å². The molecule has 1 heterocycles. The molecule has 17 heavy (non-hydrogen) atoms. The zero-order valence-corrected chi connectivity index (χ0v) is 9.98. The predicted octanol–water partition coefficient (Wildman–Crippen LogP) is 0.633. The summed E-state index contributed by atoms with van der Waals surface area (Å²) in [6.45, 7) is 3.56. The van der Waals surface area contributed by atoms with Crippen molar-refractivity contribution in [3.63, 3.8) is 0 Å². The van der Waals surface area contributed by atoms with Gasteiger partial charge in [-0.25, -0.2) is 0 Å². The van der Waals surface area contributed by atoms with Gasteiger partial charge in [0, 0.05) is 25.3 Å². The molecule has 92 valence electrons. The molecular formula is C13H19N3O. The zero-order chi connectivity index (χ0) is 12.1. The van der Waals surface area contributed by atoms with Crippen LogP contribution in [-0.2, 0) is 11.2 Å². The van der Waals surface area contributed by atoms with E-state index < -0.39 is 0 Å². The van der Waals surface area contributed by atoms with Crippen molar-refractivity contribution in [3.8, 4) is 0 Å². The molecule has 1 saturated heterocycles. The number of carbonyl (C=O) groups excluding carboxylic acids is 1. The van der Waals surface area contributed by atoms with E-state index in [0.29, 0.717) is 12.1 Å². The standard InChI is InChI=1S/C13H19N3O/c14-12-4-1-3-11(9-12)10-13(17)16-7-2-5-15-6-8-16/h1,3-4,9,15H,2,5-8,10,14H2. The lowest BCUT2D eigenvalue weighted by molar-refractivity contribution is -0.130. The van der Waals surface area contributed by atoms with Gasteiger partial charge in [0.2, 0.25) is 5.91 Å². The van der Waals surface area contributed by atoms with E-state index in [1.54, 1.807) is 0 Å². The van der Waals surface area contributed by atoms with Crippen LogP contribution in [-0.4, -0.2) is 37.0 Å². The summed E-state index contributed by atoms with van der Waals surface area (Å²) < 4.78 is 0. The summed E-state index contributed by atoms with van der Waals surface area (Å²) in [4.78, 5) is 14.0. The minimum absolute atomic E-state index is 0.194. The minimum Gasteiger partial charge on any atom is -0.399 e. The molecule has 1 aromatic carbocycles.